The number of benzene rings is 4. The van der Waals surface area contributed by atoms with Crippen LogP contribution in [0.2, 0.25) is 0 Å². The Labute approximate surface area is 230 Å². The molecule has 0 aliphatic heterocycles. The Morgan fingerprint density at radius 3 is 0.974 bits per heavy atom. The summed E-state index contributed by atoms with van der Waals surface area (Å²) in [4.78, 5) is 0. The molecule has 3 heteroatoms. The first-order valence-corrected chi connectivity index (χ1v) is 14.6. The van der Waals surface area contributed by atoms with Gasteiger partial charge in [0.1, 0.15) is 0 Å². The first-order valence-electron chi connectivity index (χ1n) is 14.6. The van der Waals surface area contributed by atoms with Crippen LogP contribution in [-0.2, 0) is 0 Å². The van der Waals surface area contributed by atoms with Gasteiger partial charge in [0.2, 0.25) is 0 Å². The Morgan fingerprint density at radius 2 is 0.692 bits per heavy atom. The van der Waals surface area contributed by atoms with Gasteiger partial charge in [-0.25, -0.2) is 0 Å². The van der Waals surface area contributed by atoms with E-state index < -0.39 is 0 Å². The predicted octanol–water partition coefficient (Wildman–Crippen LogP) is 7.34. The van der Waals surface area contributed by atoms with Gasteiger partial charge in [0.15, 0.2) is 0 Å². The molecular formula is C36H36O3. The van der Waals surface area contributed by atoms with Gasteiger partial charge in [0, 0.05) is 37.6 Å². The van der Waals surface area contributed by atoms with Crippen molar-refractivity contribution in [2.24, 2.45) is 0 Å². The summed E-state index contributed by atoms with van der Waals surface area (Å²) in [6.07, 6.45) is 5.08. The van der Waals surface area contributed by atoms with Gasteiger partial charge in [-0.2, -0.15) is 0 Å². The average molecular weight is 517 g/mol. The molecule has 3 atom stereocenters. The second-order valence-corrected chi connectivity index (χ2v) is 11.4. The van der Waals surface area contributed by atoms with Crippen LogP contribution >= 0.6 is 0 Å². The molecule has 39 heavy (non-hydrogen) atoms. The van der Waals surface area contributed by atoms with Crippen molar-refractivity contribution in [3.05, 3.63) is 106 Å². The average Bonchev–Trinajstić information content (AvgIpc) is 3.59. The second kappa shape index (κ2) is 10.1. The minimum atomic E-state index is 0.196. The van der Waals surface area contributed by atoms with Gasteiger partial charge in [-0.15, -0.1) is 0 Å². The lowest BCUT2D eigenvalue weighted by atomic mass is 9.78. The van der Waals surface area contributed by atoms with Crippen LogP contribution in [0, 0.1) is 0 Å². The molecule has 0 saturated heterocycles. The van der Waals surface area contributed by atoms with E-state index in [4.69, 9.17) is 0 Å². The zero-order valence-corrected chi connectivity index (χ0v) is 22.4. The van der Waals surface area contributed by atoms with Gasteiger partial charge >= 0.3 is 0 Å². The number of hydrogen-bond acceptors (Lipinski definition) is 3. The Bertz CT molecular complexity index is 1350. The van der Waals surface area contributed by atoms with Crippen molar-refractivity contribution >= 4 is 0 Å². The molecule has 0 saturated carbocycles. The van der Waals surface area contributed by atoms with Crippen LogP contribution in [0.3, 0.4) is 0 Å². The highest BCUT2D eigenvalue weighted by atomic mass is 16.3. The van der Waals surface area contributed by atoms with E-state index in [9.17, 15) is 15.3 Å². The van der Waals surface area contributed by atoms with Gasteiger partial charge in [0.05, 0.1) is 0 Å². The van der Waals surface area contributed by atoms with Gasteiger partial charge in [-0.05, 0) is 105 Å². The molecule has 0 radical (unpaired) electrons. The summed E-state index contributed by atoms with van der Waals surface area (Å²) in [6, 6.07) is 26.8. The van der Waals surface area contributed by atoms with Crippen molar-refractivity contribution in [3.8, 4) is 33.4 Å². The standard InChI is InChI=1S/C36H36O3/c37-19-7-16-28-22-10-1-4-13-25(22)31-34(28)32-26-14-5-2-11-23(26)30(18-9-21-39)36(32)33-27-15-6-3-12-24(27)29(35(31)33)17-8-20-38/h1-6,10-15,28-30,37-39H,7-9,16-21H2/t28-,29-,30-/m1/s1. The van der Waals surface area contributed by atoms with Crippen molar-refractivity contribution in [2.45, 2.75) is 56.3 Å². The fourth-order valence-electron chi connectivity index (χ4n) is 8.06. The van der Waals surface area contributed by atoms with Gasteiger partial charge in [0.25, 0.3) is 0 Å². The molecule has 198 valence electrons. The minimum absolute atomic E-state index is 0.196. The maximum absolute atomic E-state index is 9.88. The molecule has 3 nitrogen and oxygen atoms in total. The number of aliphatic hydroxyl groups is 3. The first-order chi connectivity index (χ1) is 19.3. The summed E-state index contributed by atoms with van der Waals surface area (Å²) in [5.41, 5.74) is 16.7. The first kappa shape index (κ1) is 24.8. The smallest absolute Gasteiger partial charge is 0.0431 e. The predicted molar refractivity (Wildman–Crippen MR) is 157 cm³/mol. The molecule has 3 aliphatic carbocycles. The lowest BCUT2D eigenvalue weighted by Crippen LogP contribution is -2.07. The summed E-state index contributed by atoms with van der Waals surface area (Å²) < 4.78 is 0. The van der Waals surface area contributed by atoms with Crippen molar-refractivity contribution in [1.82, 2.24) is 0 Å². The molecule has 0 bridgehead atoms. The van der Waals surface area contributed by atoms with Crippen molar-refractivity contribution in [1.29, 1.82) is 0 Å². The second-order valence-electron chi connectivity index (χ2n) is 11.4. The van der Waals surface area contributed by atoms with E-state index in [1.54, 1.807) is 0 Å². The molecule has 4 aromatic carbocycles. The van der Waals surface area contributed by atoms with Gasteiger partial charge in [-0.3, -0.25) is 0 Å². The van der Waals surface area contributed by atoms with E-state index >= 15 is 0 Å². The van der Waals surface area contributed by atoms with E-state index in [1.165, 1.54) is 66.8 Å². The summed E-state index contributed by atoms with van der Waals surface area (Å²) in [6.45, 7) is 0.588. The van der Waals surface area contributed by atoms with Crippen LogP contribution in [0.25, 0.3) is 33.4 Å². The number of aliphatic hydroxyl groups excluding tert-OH is 3. The monoisotopic (exact) mass is 516 g/mol. The molecule has 0 heterocycles. The highest BCUT2D eigenvalue weighted by Gasteiger charge is 2.45. The third-order valence-corrected chi connectivity index (χ3v) is 9.43. The van der Waals surface area contributed by atoms with Crippen molar-refractivity contribution in [2.75, 3.05) is 19.8 Å². The lowest BCUT2D eigenvalue weighted by Gasteiger charge is -2.25. The van der Waals surface area contributed by atoms with Gasteiger partial charge in [-0.1, -0.05) is 72.8 Å². The van der Waals surface area contributed by atoms with E-state index in [-0.39, 0.29) is 37.6 Å². The third kappa shape index (κ3) is 3.60. The SMILES string of the molecule is OCCC[C@@H]1c2ccccc2-c2c1c1c(c3c2[C@H](CCCO)c2ccccc2-3)[C@H](CCCO)c2ccccc2-1. The quantitative estimate of drug-likeness (QED) is 0.218. The number of rotatable bonds is 9. The van der Waals surface area contributed by atoms with Crippen LogP contribution in [0.5, 0.6) is 0 Å². The number of fused-ring (bicyclic) bond motifs is 12. The van der Waals surface area contributed by atoms with E-state index in [1.807, 2.05) is 0 Å². The molecule has 0 aromatic heterocycles. The molecular weight excluding hydrogens is 480 g/mol. The maximum atomic E-state index is 9.88. The van der Waals surface area contributed by atoms with Crippen LogP contribution in [0.4, 0.5) is 0 Å². The Hall–Kier alpha value is -3.24. The zero-order chi connectivity index (χ0) is 26.5. The van der Waals surface area contributed by atoms with E-state index in [0.29, 0.717) is 0 Å². The normalized spacial score (nSPS) is 19.3. The van der Waals surface area contributed by atoms with Crippen LogP contribution in [0.15, 0.2) is 72.8 Å². The molecule has 3 aliphatic rings. The highest BCUT2D eigenvalue weighted by Crippen LogP contribution is 2.65. The summed E-state index contributed by atoms with van der Waals surface area (Å²) in [5.74, 6) is 0.734. The van der Waals surface area contributed by atoms with Crippen LogP contribution < -0.4 is 0 Å². The maximum Gasteiger partial charge on any atom is 0.0431 e. The van der Waals surface area contributed by atoms with E-state index in [2.05, 4.69) is 72.8 Å². The van der Waals surface area contributed by atoms with E-state index in [0.717, 1.165) is 38.5 Å². The fourth-order valence-corrected chi connectivity index (χ4v) is 8.06. The molecule has 4 aromatic rings. The summed E-state index contributed by atoms with van der Waals surface area (Å²) >= 11 is 0. The molecule has 0 unspecified atom stereocenters. The molecule has 0 spiro atoms. The summed E-state index contributed by atoms with van der Waals surface area (Å²) in [7, 11) is 0. The van der Waals surface area contributed by atoms with Crippen LogP contribution in [-0.4, -0.2) is 35.1 Å². The third-order valence-electron chi connectivity index (χ3n) is 9.43. The largest absolute Gasteiger partial charge is 0.396 e. The molecule has 0 fully saturated rings. The Balaban J connectivity index is 1.62. The number of hydrogen-bond donors (Lipinski definition) is 3. The highest BCUT2D eigenvalue weighted by molar-refractivity contribution is 6.02. The lowest BCUT2D eigenvalue weighted by molar-refractivity contribution is 0.282. The zero-order valence-electron chi connectivity index (χ0n) is 22.4. The topological polar surface area (TPSA) is 60.7 Å². The molecule has 0 amide bonds. The summed E-state index contributed by atoms with van der Waals surface area (Å²) in [5, 5.41) is 29.6. The van der Waals surface area contributed by atoms with Crippen molar-refractivity contribution < 1.29 is 15.3 Å². The Morgan fingerprint density at radius 1 is 0.410 bits per heavy atom. The fraction of sp³-hybridized carbons (Fsp3) is 0.333. The minimum Gasteiger partial charge on any atom is -0.396 e. The Kier molecular flexibility index (Phi) is 6.39. The van der Waals surface area contributed by atoms with Crippen molar-refractivity contribution in [3.63, 3.8) is 0 Å². The molecule has 7 rings (SSSR count). The van der Waals surface area contributed by atoms with Crippen LogP contribution in [0.1, 0.15) is 89.7 Å². The van der Waals surface area contributed by atoms with Gasteiger partial charge < -0.3 is 15.3 Å². The molecule has 3 N–H and O–H groups in total.